The van der Waals surface area contributed by atoms with E-state index in [9.17, 15) is 4.79 Å². The summed E-state index contributed by atoms with van der Waals surface area (Å²) in [6, 6.07) is 1.72. The van der Waals surface area contributed by atoms with E-state index in [0.29, 0.717) is 0 Å². The first-order valence-corrected chi connectivity index (χ1v) is 5.70. The minimum atomic E-state index is -0.0509. The van der Waals surface area contributed by atoms with Gasteiger partial charge in [0.15, 0.2) is 0 Å². The summed E-state index contributed by atoms with van der Waals surface area (Å²) in [6.07, 6.45) is 5.30. The number of hydrogen-bond acceptors (Lipinski definition) is 3. The molecular formula is C10H12BrN3O. The van der Waals surface area contributed by atoms with Crippen molar-refractivity contribution in [3.05, 3.63) is 22.9 Å². The fraction of sp³-hybridized carbons (Fsp3) is 0.400. The molecule has 0 radical (unpaired) electrons. The molecule has 0 bridgehead atoms. The summed E-state index contributed by atoms with van der Waals surface area (Å²) in [5, 5.41) is 6.02. The molecular weight excluding hydrogens is 258 g/mol. The third kappa shape index (κ3) is 2.54. The third-order valence-electron chi connectivity index (χ3n) is 2.41. The molecule has 0 spiro atoms. The lowest BCUT2D eigenvalue weighted by Crippen LogP contribution is -2.35. The molecule has 2 N–H and O–H groups in total. The highest BCUT2D eigenvalue weighted by atomic mass is 79.9. The Morgan fingerprint density at radius 2 is 2.53 bits per heavy atom. The summed E-state index contributed by atoms with van der Waals surface area (Å²) in [5.41, 5.74) is 0.767. The second-order valence-corrected chi connectivity index (χ2v) is 4.35. The zero-order valence-corrected chi connectivity index (χ0v) is 9.75. The lowest BCUT2D eigenvalue weighted by Gasteiger charge is -2.11. The summed E-state index contributed by atoms with van der Waals surface area (Å²) >= 11 is 3.34. The summed E-state index contributed by atoms with van der Waals surface area (Å²) in [7, 11) is 0. The molecule has 15 heavy (non-hydrogen) atoms. The van der Waals surface area contributed by atoms with Gasteiger partial charge in [0.2, 0.25) is 5.91 Å². The van der Waals surface area contributed by atoms with Crippen molar-refractivity contribution in [2.24, 2.45) is 0 Å². The number of halogens is 1. The van der Waals surface area contributed by atoms with Crippen molar-refractivity contribution < 1.29 is 4.79 Å². The van der Waals surface area contributed by atoms with Gasteiger partial charge in [-0.05, 0) is 41.4 Å². The SMILES string of the molecule is O=C(Nc1ccncc1Br)[C@@H]1CCCN1. The van der Waals surface area contributed by atoms with Crippen LogP contribution in [0.15, 0.2) is 22.9 Å². The number of nitrogens with one attached hydrogen (secondary N) is 2. The smallest absolute Gasteiger partial charge is 0.241 e. The van der Waals surface area contributed by atoms with Gasteiger partial charge in [0, 0.05) is 12.4 Å². The molecule has 4 nitrogen and oxygen atoms in total. The Morgan fingerprint density at radius 3 is 3.20 bits per heavy atom. The Balaban J connectivity index is 2.02. The van der Waals surface area contributed by atoms with Crippen molar-refractivity contribution in [1.82, 2.24) is 10.3 Å². The average Bonchev–Trinajstić information content (AvgIpc) is 2.74. The van der Waals surface area contributed by atoms with Gasteiger partial charge in [-0.3, -0.25) is 9.78 Å². The maximum atomic E-state index is 11.8. The summed E-state index contributed by atoms with van der Waals surface area (Å²) in [5.74, 6) is 0.0272. The first-order chi connectivity index (χ1) is 7.27. The van der Waals surface area contributed by atoms with Gasteiger partial charge < -0.3 is 10.6 Å². The van der Waals surface area contributed by atoms with Crippen LogP contribution in [-0.4, -0.2) is 23.5 Å². The van der Waals surface area contributed by atoms with Crippen LogP contribution in [0.2, 0.25) is 0 Å². The molecule has 80 valence electrons. The molecule has 5 heteroatoms. The Hall–Kier alpha value is -0.940. The molecule has 0 aliphatic carbocycles. The van der Waals surface area contributed by atoms with Crippen molar-refractivity contribution in [2.45, 2.75) is 18.9 Å². The van der Waals surface area contributed by atoms with Crippen LogP contribution in [0.5, 0.6) is 0 Å². The number of anilines is 1. The van der Waals surface area contributed by atoms with Crippen LogP contribution < -0.4 is 10.6 Å². The van der Waals surface area contributed by atoms with Gasteiger partial charge in [-0.15, -0.1) is 0 Å². The van der Waals surface area contributed by atoms with Gasteiger partial charge in [0.1, 0.15) is 0 Å². The molecule has 1 aliphatic heterocycles. The normalized spacial score (nSPS) is 20.2. The van der Waals surface area contributed by atoms with Crippen molar-refractivity contribution in [2.75, 3.05) is 11.9 Å². The highest BCUT2D eigenvalue weighted by Crippen LogP contribution is 2.20. The largest absolute Gasteiger partial charge is 0.324 e. The highest BCUT2D eigenvalue weighted by Gasteiger charge is 2.22. The van der Waals surface area contributed by atoms with Crippen molar-refractivity contribution in [3.8, 4) is 0 Å². The van der Waals surface area contributed by atoms with Crippen LogP contribution in [0.1, 0.15) is 12.8 Å². The fourth-order valence-electron chi connectivity index (χ4n) is 1.60. The Morgan fingerprint density at radius 1 is 1.67 bits per heavy atom. The van der Waals surface area contributed by atoms with Crippen LogP contribution >= 0.6 is 15.9 Å². The number of hydrogen-bond donors (Lipinski definition) is 2. The van der Waals surface area contributed by atoms with E-state index in [0.717, 1.165) is 29.5 Å². The fourth-order valence-corrected chi connectivity index (χ4v) is 1.95. The first kappa shape index (κ1) is 10.6. The third-order valence-corrected chi connectivity index (χ3v) is 3.04. The number of carbonyl (C=O) groups excluding carboxylic acids is 1. The molecule has 1 aromatic rings. The van der Waals surface area contributed by atoms with Crippen molar-refractivity contribution in [1.29, 1.82) is 0 Å². The molecule has 0 unspecified atom stereocenters. The van der Waals surface area contributed by atoms with Crippen LogP contribution in [0, 0.1) is 0 Å². The lowest BCUT2D eigenvalue weighted by molar-refractivity contribution is -0.117. The second kappa shape index (κ2) is 4.72. The lowest BCUT2D eigenvalue weighted by atomic mass is 10.2. The Bertz CT molecular complexity index is 363. The van der Waals surface area contributed by atoms with E-state index in [-0.39, 0.29) is 11.9 Å². The molecule has 1 fully saturated rings. The van der Waals surface area contributed by atoms with E-state index < -0.39 is 0 Å². The van der Waals surface area contributed by atoms with Gasteiger partial charge in [-0.1, -0.05) is 0 Å². The summed E-state index contributed by atoms with van der Waals surface area (Å²) in [6.45, 7) is 0.926. The number of amides is 1. The first-order valence-electron chi connectivity index (χ1n) is 4.91. The number of nitrogens with zero attached hydrogens (tertiary/aromatic N) is 1. The molecule has 1 aromatic heterocycles. The molecule has 0 saturated carbocycles. The van der Waals surface area contributed by atoms with E-state index in [1.54, 1.807) is 18.5 Å². The molecule has 0 aromatic carbocycles. The monoisotopic (exact) mass is 269 g/mol. The van der Waals surface area contributed by atoms with Gasteiger partial charge in [0.25, 0.3) is 0 Å². The van der Waals surface area contributed by atoms with Gasteiger partial charge in [-0.2, -0.15) is 0 Å². The predicted octanol–water partition coefficient (Wildman–Crippen LogP) is 1.53. The van der Waals surface area contributed by atoms with E-state index in [1.807, 2.05) is 0 Å². The van der Waals surface area contributed by atoms with Gasteiger partial charge >= 0.3 is 0 Å². The molecule has 1 atom stereocenters. The Labute approximate surface area is 96.6 Å². The summed E-state index contributed by atoms with van der Waals surface area (Å²) < 4.78 is 0.802. The van der Waals surface area contributed by atoms with Crippen LogP contribution in [0.4, 0.5) is 5.69 Å². The van der Waals surface area contributed by atoms with Crippen LogP contribution in [0.3, 0.4) is 0 Å². The van der Waals surface area contributed by atoms with Crippen molar-refractivity contribution in [3.63, 3.8) is 0 Å². The predicted molar refractivity (Wildman–Crippen MR) is 61.6 cm³/mol. The Kier molecular flexibility index (Phi) is 3.33. The average molecular weight is 270 g/mol. The van der Waals surface area contributed by atoms with E-state index >= 15 is 0 Å². The van der Waals surface area contributed by atoms with Crippen molar-refractivity contribution >= 4 is 27.5 Å². The van der Waals surface area contributed by atoms with Crippen LogP contribution in [-0.2, 0) is 4.79 Å². The second-order valence-electron chi connectivity index (χ2n) is 3.49. The molecule has 1 aliphatic rings. The standard InChI is InChI=1S/C10H12BrN3O/c11-7-6-12-5-3-8(7)14-10(15)9-2-1-4-13-9/h3,5-6,9,13H,1-2,4H2,(H,12,14,15)/t9-/m0/s1. The maximum Gasteiger partial charge on any atom is 0.241 e. The minimum Gasteiger partial charge on any atom is -0.324 e. The van der Waals surface area contributed by atoms with E-state index in [1.165, 1.54) is 0 Å². The molecule has 1 amide bonds. The quantitative estimate of drug-likeness (QED) is 0.857. The zero-order valence-electron chi connectivity index (χ0n) is 8.16. The number of rotatable bonds is 2. The van der Waals surface area contributed by atoms with Crippen LogP contribution in [0.25, 0.3) is 0 Å². The van der Waals surface area contributed by atoms with Gasteiger partial charge in [-0.25, -0.2) is 0 Å². The molecule has 2 rings (SSSR count). The summed E-state index contributed by atoms with van der Waals surface area (Å²) in [4.78, 5) is 15.7. The number of aromatic nitrogens is 1. The van der Waals surface area contributed by atoms with E-state index in [4.69, 9.17) is 0 Å². The van der Waals surface area contributed by atoms with E-state index in [2.05, 4.69) is 31.5 Å². The number of pyridine rings is 1. The molecule has 2 heterocycles. The van der Waals surface area contributed by atoms with Gasteiger partial charge in [0.05, 0.1) is 16.2 Å². The zero-order chi connectivity index (χ0) is 10.7. The number of carbonyl (C=O) groups is 1. The maximum absolute atomic E-state index is 11.8. The highest BCUT2D eigenvalue weighted by molar-refractivity contribution is 9.10. The minimum absolute atomic E-state index is 0.0272. The molecule has 1 saturated heterocycles. The topological polar surface area (TPSA) is 54.0 Å².